The predicted octanol–water partition coefficient (Wildman–Crippen LogP) is 2.33. The van der Waals surface area contributed by atoms with E-state index in [2.05, 4.69) is 55.9 Å². The van der Waals surface area contributed by atoms with Crippen molar-refractivity contribution in [3.8, 4) is 0 Å². The van der Waals surface area contributed by atoms with Crippen molar-refractivity contribution in [1.29, 1.82) is 0 Å². The summed E-state index contributed by atoms with van der Waals surface area (Å²) in [5, 5.41) is 0. The lowest BCUT2D eigenvalue weighted by molar-refractivity contribution is 0.0984. The Morgan fingerprint density at radius 1 is 1.30 bits per heavy atom. The first kappa shape index (κ1) is 15.5. The lowest BCUT2D eigenvalue weighted by Crippen LogP contribution is -2.47. The van der Waals surface area contributed by atoms with E-state index in [0.717, 1.165) is 6.54 Å². The minimum atomic E-state index is 0.358. The average molecular weight is 275 g/mol. The van der Waals surface area contributed by atoms with E-state index in [9.17, 15) is 0 Å². The smallest absolute Gasteiger partial charge is 0.0471 e. The molecule has 2 unspecified atom stereocenters. The number of likely N-dealkylation sites (N-methyl/N-ethyl adjacent to an activating group) is 1. The van der Waals surface area contributed by atoms with Crippen LogP contribution in [0, 0.1) is 13.8 Å². The molecule has 0 saturated carbocycles. The minimum absolute atomic E-state index is 0.358. The zero-order valence-corrected chi connectivity index (χ0v) is 13.4. The largest absolute Gasteiger partial charge is 0.329 e. The molecule has 1 aliphatic rings. The maximum absolute atomic E-state index is 6.09. The molecule has 0 amide bonds. The fourth-order valence-electron chi connectivity index (χ4n) is 3.16. The lowest BCUT2D eigenvalue weighted by Gasteiger charge is -2.40. The first-order valence-corrected chi connectivity index (χ1v) is 7.70. The van der Waals surface area contributed by atoms with Gasteiger partial charge in [0.15, 0.2) is 0 Å². The van der Waals surface area contributed by atoms with Gasteiger partial charge in [0, 0.05) is 25.2 Å². The third-order valence-corrected chi connectivity index (χ3v) is 4.74. The van der Waals surface area contributed by atoms with E-state index in [4.69, 9.17) is 5.73 Å². The molecule has 1 saturated heterocycles. The van der Waals surface area contributed by atoms with Gasteiger partial charge in [-0.05, 0) is 64.0 Å². The van der Waals surface area contributed by atoms with Crippen molar-refractivity contribution in [2.24, 2.45) is 5.73 Å². The molecule has 1 aromatic carbocycles. The minimum Gasteiger partial charge on any atom is -0.329 e. The van der Waals surface area contributed by atoms with Crippen molar-refractivity contribution in [3.63, 3.8) is 0 Å². The van der Waals surface area contributed by atoms with Gasteiger partial charge in [0.05, 0.1) is 0 Å². The summed E-state index contributed by atoms with van der Waals surface area (Å²) < 4.78 is 0. The zero-order chi connectivity index (χ0) is 14.7. The van der Waals surface area contributed by atoms with Crippen LogP contribution in [0.2, 0.25) is 0 Å². The summed E-state index contributed by atoms with van der Waals surface area (Å²) in [6.45, 7) is 7.34. The highest BCUT2D eigenvalue weighted by atomic mass is 15.2. The van der Waals surface area contributed by atoms with Gasteiger partial charge in [-0.2, -0.15) is 0 Å². The van der Waals surface area contributed by atoms with Crippen LogP contribution in [0.15, 0.2) is 18.2 Å². The summed E-state index contributed by atoms with van der Waals surface area (Å²) in [7, 11) is 4.36. The Hall–Kier alpha value is -0.900. The Labute approximate surface area is 123 Å². The number of rotatable bonds is 4. The molecular formula is C17H29N3. The number of nitrogens with zero attached hydrogens (tertiary/aromatic N) is 2. The summed E-state index contributed by atoms with van der Waals surface area (Å²) in [6.07, 6.45) is 2.57. The van der Waals surface area contributed by atoms with Crippen LogP contribution in [0.5, 0.6) is 0 Å². The van der Waals surface area contributed by atoms with Gasteiger partial charge >= 0.3 is 0 Å². The van der Waals surface area contributed by atoms with Crippen LogP contribution in [0.4, 0.5) is 0 Å². The van der Waals surface area contributed by atoms with Gasteiger partial charge in [0.25, 0.3) is 0 Å². The van der Waals surface area contributed by atoms with Crippen molar-refractivity contribution in [2.45, 2.75) is 38.8 Å². The van der Waals surface area contributed by atoms with Crippen LogP contribution < -0.4 is 5.73 Å². The first-order chi connectivity index (χ1) is 9.52. The van der Waals surface area contributed by atoms with E-state index in [1.54, 1.807) is 0 Å². The summed E-state index contributed by atoms with van der Waals surface area (Å²) in [6, 6.07) is 7.80. The van der Waals surface area contributed by atoms with Crippen LogP contribution in [-0.4, -0.2) is 49.6 Å². The van der Waals surface area contributed by atoms with Gasteiger partial charge in [0.1, 0.15) is 0 Å². The molecule has 112 valence electrons. The molecule has 1 aliphatic heterocycles. The molecule has 2 rings (SSSR count). The van der Waals surface area contributed by atoms with E-state index >= 15 is 0 Å². The van der Waals surface area contributed by atoms with Crippen LogP contribution in [0.25, 0.3) is 0 Å². The number of hydrogen-bond donors (Lipinski definition) is 1. The molecule has 2 N–H and O–H groups in total. The van der Waals surface area contributed by atoms with E-state index in [0.29, 0.717) is 18.6 Å². The Balaban J connectivity index is 2.16. The maximum atomic E-state index is 6.09. The highest BCUT2D eigenvalue weighted by Crippen LogP contribution is 2.26. The van der Waals surface area contributed by atoms with E-state index in [1.165, 1.54) is 36.1 Å². The highest BCUT2D eigenvalue weighted by Gasteiger charge is 2.27. The Kier molecular flexibility index (Phi) is 5.19. The number of piperidine rings is 1. The number of benzene rings is 1. The first-order valence-electron chi connectivity index (χ1n) is 7.70. The number of hydrogen-bond acceptors (Lipinski definition) is 3. The second-order valence-corrected chi connectivity index (χ2v) is 6.35. The maximum Gasteiger partial charge on any atom is 0.0471 e. The summed E-state index contributed by atoms with van der Waals surface area (Å²) in [4.78, 5) is 4.92. The Morgan fingerprint density at radius 2 is 2.05 bits per heavy atom. The van der Waals surface area contributed by atoms with E-state index in [1.807, 2.05) is 0 Å². The molecule has 2 atom stereocenters. The van der Waals surface area contributed by atoms with Gasteiger partial charge in [-0.15, -0.1) is 0 Å². The molecule has 1 aromatic rings. The van der Waals surface area contributed by atoms with Crippen LogP contribution >= 0.6 is 0 Å². The number of nitrogens with two attached hydrogens (primary N) is 1. The van der Waals surface area contributed by atoms with Crippen molar-refractivity contribution >= 4 is 0 Å². The topological polar surface area (TPSA) is 32.5 Å². The molecule has 0 spiro atoms. The van der Waals surface area contributed by atoms with Gasteiger partial charge in [-0.1, -0.05) is 18.2 Å². The molecular weight excluding hydrogens is 246 g/mol. The lowest BCUT2D eigenvalue weighted by atomic mass is 9.96. The second kappa shape index (κ2) is 6.70. The molecule has 0 radical (unpaired) electrons. The van der Waals surface area contributed by atoms with Crippen molar-refractivity contribution in [1.82, 2.24) is 9.80 Å². The molecule has 20 heavy (non-hydrogen) atoms. The van der Waals surface area contributed by atoms with E-state index in [-0.39, 0.29) is 0 Å². The average Bonchev–Trinajstić information content (AvgIpc) is 2.44. The molecule has 0 bridgehead atoms. The fourth-order valence-corrected chi connectivity index (χ4v) is 3.16. The van der Waals surface area contributed by atoms with Crippen LogP contribution in [0.3, 0.4) is 0 Å². The highest BCUT2D eigenvalue weighted by molar-refractivity contribution is 5.32. The molecule has 1 heterocycles. The Bertz CT molecular complexity index is 442. The molecule has 3 heteroatoms. The summed E-state index contributed by atoms with van der Waals surface area (Å²) in [5.41, 5.74) is 10.2. The third kappa shape index (κ3) is 3.40. The third-order valence-electron chi connectivity index (χ3n) is 4.74. The summed E-state index contributed by atoms with van der Waals surface area (Å²) in [5.74, 6) is 0. The monoisotopic (exact) mass is 275 g/mol. The summed E-state index contributed by atoms with van der Waals surface area (Å²) >= 11 is 0. The van der Waals surface area contributed by atoms with Gasteiger partial charge in [-0.25, -0.2) is 0 Å². The molecule has 1 fully saturated rings. The van der Waals surface area contributed by atoms with Crippen molar-refractivity contribution < 1.29 is 0 Å². The molecule has 3 nitrogen and oxygen atoms in total. The van der Waals surface area contributed by atoms with Gasteiger partial charge in [0.2, 0.25) is 0 Å². The number of aryl methyl sites for hydroxylation is 2. The van der Waals surface area contributed by atoms with Gasteiger partial charge < -0.3 is 10.6 Å². The quantitative estimate of drug-likeness (QED) is 0.915. The predicted molar refractivity (Wildman–Crippen MR) is 86.0 cm³/mol. The standard InChI is InChI=1S/C17H29N3/c1-13-7-8-15(10-14(13)2)17(11-18)20-9-5-6-16(12-20)19(3)4/h7-8,10,16-17H,5-6,9,11-12,18H2,1-4H3. The fraction of sp³-hybridized carbons (Fsp3) is 0.647. The Morgan fingerprint density at radius 3 is 2.65 bits per heavy atom. The molecule has 0 aromatic heterocycles. The van der Waals surface area contributed by atoms with Crippen molar-refractivity contribution in [2.75, 3.05) is 33.7 Å². The SMILES string of the molecule is Cc1ccc(C(CN)N2CCCC(N(C)C)C2)cc1C. The van der Waals surface area contributed by atoms with Gasteiger partial charge in [-0.3, -0.25) is 4.90 Å². The van der Waals surface area contributed by atoms with Crippen molar-refractivity contribution in [3.05, 3.63) is 34.9 Å². The molecule has 0 aliphatic carbocycles. The van der Waals surface area contributed by atoms with Crippen LogP contribution in [0.1, 0.15) is 35.6 Å². The normalized spacial score (nSPS) is 22.2. The number of likely N-dealkylation sites (tertiary alicyclic amines) is 1. The van der Waals surface area contributed by atoms with E-state index < -0.39 is 0 Å². The van der Waals surface area contributed by atoms with Crippen LogP contribution in [-0.2, 0) is 0 Å². The second-order valence-electron chi connectivity index (χ2n) is 6.35. The zero-order valence-electron chi connectivity index (χ0n) is 13.4.